The number of benzene rings is 2. The molecule has 1 amide bonds. The summed E-state index contributed by atoms with van der Waals surface area (Å²) in [7, 11) is 0. The minimum atomic E-state index is -0.544. The Kier molecular flexibility index (Phi) is 11.9. The van der Waals surface area contributed by atoms with Crippen LogP contribution in [0.25, 0.3) is 0 Å². The number of carbonyl (C=O) groups is 2. The summed E-state index contributed by atoms with van der Waals surface area (Å²) in [4.78, 5) is 41.9. The molecule has 0 bridgehead atoms. The van der Waals surface area contributed by atoms with Gasteiger partial charge in [-0.05, 0) is 79.5 Å². The first kappa shape index (κ1) is 34.9. The van der Waals surface area contributed by atoms with Gasteiger partial charge in [-0.25, -0.2) is 25.1 Å². The second-order valence-electron chi connectivity index (χ2n) is 14.0. The largest absolute Gasteiger partial charge is 0.461 e. The summed E-state index contributed by atoms with van der Waals surface area (Å²) in [6.07, 6.45) is 6.75. The first-order chi connectivity index (χ1) is 23.8. The number of fused-ring (bicyclic) bond motifs is 1. The van der Waals surface area contributed by atoms with Crippen LogP contribution in [0, 0.1) is 23.7 Å². The van der Waals surface area contributed by atoms with Gasteiger partial charge in [0.1, 0.15) is 12.1 Å². The number of nitrogens with one attached hydrogen (secondary N) is 3. The van der Waals surface area contributed by atoms with Gasteiger partial charge in [-0.3, -0.25) is 10.1 Å². The van der Waals surface area contributed by atoms with Crippen molar-refractivity contribution >= 4 is 17.8 Å². The number of rotatable bonds is 17. The molecule has 6 rings (SSSR count). The third kappa shape index (κ3) is 9.63. The minimum Gasteiger partial charge on any atom is -0.461 e. The summed E-state index contributed by atoms with van der Waals surface area (Å²) in [5.41, 5.74) is 6.03. The van der Waals surface area contributed by atoms with Crippen LogP contribution in [0.1, 0.15) is 79.5 Å². The van der Waals surface area contributed by atoms with Gasteiger partial charge in [-0.1, -0.05) is 68.4 Å². The number of ether oxygens (including phenoxy) is 2. The molecule has 2 saturated carbocycles. The number of nitrogens with zero attached hydrogens (tertiary/aromatic N) is 3. The van der Waals surface area contributed by atoms with Crippen LogP contribution in [0.5, 0.6) is 0 Å². The molecule has 3 fully saturated rings. The maximum Gasteiger partial charge on any atom is 0.328 e. The van der Waals surface area contributed by atoms with Gasteiger partial charge in [-0.2, -0.15) is 0 Å². The molecule has 2 aromatic carbocycles. The molecule has 0 spiro atoms. The molecule has 3 N–H and O–H groups in total. The number of amides is 1. The van der Waals surface area contributed by atoms with Crippen molar-refractivity contribution in [2.24, 2.45) is 23.7 Å². The molecular formula is C38H50N6O5. The normalized spacial score (nSPS) is 21.4. The van der Waals surface area contributed by atoms with Crippen LogP contribution >= 0.6 is 0 Å². The molecule has 11 heteroatoms. The van der Waals surface area contributed by atoms with Gasteiger partial charge in [-0.15, -0.1) is 0 Å². The molecule has 3 aromatic rings. The predicted octanol–water partition coefficient (Wildman–Crippen LogP) is 4.95. The number of carbonyl (C=O) groups excluding carboxylic acids is 2. The number of hydrogen-bond donors (Lipinski definition) is 3. The van der Waals surface area contributed by atoms with Crippen molar-refractivity contribution in [1.29, 1.82) is 0 Å². The second kappa shape index (κ2) is 16.7. The van der Waals surface area contributed by atoms with E-state index in [2.05, 4.69) is 55.2 Å². The van der Waals surface area contributed by atoms with E-state index in [1.807, 2.05) is 44.2 Å². The molecule has 3 unspecified atom stereocenters. The number of hydroxylamine groups is 1. The fourth-order valence-corrected chi connectivity index (χ4v) is 6.87. The number of hydrogen-bond acceptors (Lipinski definition) is 10. The van der Waals surface area contributed by atoms with Gasteiger partial charge in [0.2, 0.25) is 5.95 Å². The number of piperidine rings is 1. The molecular weight excluding hydrogens is 620 g/mol. The first-order valence-electron chi connectivity index (χ1n) is 17.8. The topological polar surface area (TPSA) is 127 Å². The van der Waals surface area contributed by atoms with Gasteiger partial charge in [0, 0.05) is 38.6 Å². The Bertz CT molecular complexity index is 1490. The van der Waals surface area contributed by atoms with E-state index in [1.165, 1.54) is 18.0 Å². The van der Waals surface area contributed by atoms with Crippen LogP contribution in [0.2, 0.25) is 0 Å². The Morgan fingerprint density at radius 3 is 2.20 bits per heavy atom. The van der Waals surface area contributed by atoms with E-state index in [0.29, 0.717) is 48.3 Å². The summed E-state index contributed by atoms with van der Waals surface area (Å²) in [5, 5.41) is 7.09. The number of anilines is 1. The lowest BCUT2D eigenvalue weighted by atomic mass is 10.1. The maximum absolute atomic E-state index is 13.1. The minimum absolute atomic E-state index is 0.0416. The molecule has 1 aliphatic heterocycles. The van der Waals surface area contributed by atoms with Crippen molar-refractivity contribution in [2.45, 2.75) is 78.0 Å². The van der Waals surface area contributed by atoms with E-state index >= 15 is 0 Å². The van der Waals surface area contributed by atoms with Crippen molar-refractivity contribution in [3.05, 3.63) is 89.2 Å². The predicted molar refractivity (Wildman–Crippen MR) is 186 cm³/mol. The summed E-state index contributed by atoms with van der Waals surface area (Å²) >= 11 is 0. The Labute approximate surface area is 289 Å². The van der Waals surface area contributed by atoms with Gasteiger partial charge in [0.15, 0.2) is 6.29 Å². The molecule has 1 saturated heterocycles. The monoisotopic (exact) mass is 670 g/mol. The van der Waals surface area contributed by atoms with Crippen molar-refractivity contribution < 1.29 is 23.9 Å². The van der Waals surface area contributed by atoms with Crippen molar-refractivity contribution in [3.8, 4) is 0 Å². The van der Waals surface area contributed by atoms with E-state index in [4.69, 9.17) is 14.3 Å². The fraction of sp³-hybridized carbons (Fsp3) is 0.526. The SMILES string of the molecule is CC(C)COC(C)ONC(=O)c1cnc(N2CC3C(CNCc4ccc(CN[C@H](C(=O)OC5CCCC5)c5ccccc5)cc4)C3C2)nc1. The van der Waals surface area contributed by atoms with E-state index < -0.39 is 18.2 Å². The van der Waals surface area contributed by atoms with Crippen LogP contribution in [0.15, 0.2) is 67.0 Å². The molecule has 2 heterocycles. The number of aromatic nitrogens is 2. The molecule has 3 aliphatic rings. The Morgan fingerprint density at radius 1 is 0.898 bits per heavy atom. The Balaban J connectivity index is 0.892. The molecule has 4 atom stereocenters. The zero-order chi connectivity index (χ0) is 34.2. The van der Waals surface area contributed by atoms with Gasteiger partial charge < -0.3 is 19.7 Å². The quantitative estimate of drug-likeness (QED) is 0.103. The van der Waals surface area contributed by atoms with Crippen LogP contribution in [-0.2, 0) is 32.2 Å². The lowest BCUT2D eigenvalue weighted by Crippen LogP contribution is -2.32. The number of esters is 1. The zero-order valence-corrected chi connectivity index (χ0v) is 28.8. The highest BCUT2D eigenvalue weighted by atomic mass is 16.8. The summed E-state index contributed by atoms with van der Waals surface area (Å²) in [6.45, 7) is 10.6. The molecule has 2 aliphatic carbocycles. The zero-order valence-electron chi connectivity index (χ0n) is 28.8. The van der Waals surface area contributed by atoms with Crippen LogP contribution in [-0.4, -0.2) is 60.5 Å². The lowest BCUT2D eigenvalue weighted by Gasteiger charge is -2.21. The highest BCUT2D eigenvalue weighted by Crippen LogP contribution is 2.51. The lowest BCUT2D eigenvalue weighted by molar-refractivity contribution is -0.163. The average Bonchev–Trinajstić information content (AvgIpc) is 3.44. The highest BCUT2D eigenvalue weighted by molar-refractivity contribution is 5.92. The van der Waals surface area contributed by atoms with Gasteiger partial charge >= 0.3 is 5.97 Å². The smallest absolute Gasteiger partial charge is 0.328 e. The summed E-state index contributed by atoms with van der Waals surface area (Å²) in [5.74, 6) is 2.35. The average molecular weight is 671 g/mol. The Hall–Kier alpha value is -3.90. The molecule has 1 aromatic heterocycles. The van der Waals surface area contributed by atoms with Gasteiger partial charge in [0.25, 0.3) is 5.91 Å². The van der Waals surface area contributed by atoms with Crippen LogP contribution < -0.4 is 21.0 Å². The van der Waals surface area contributed by atoms with Crippen molar-refractivity contribution in [1.82, 2.24) is 26.1 Å². The van der Waals surface area contributed by atoms with Crippen molar-refractivity contribution in [3.63, 3.8) is 0 Å². The molecule has 0 radical (unpaired) electrons. The third-order valence-electron chi connectivity index (χ3n) is 9.73. The molecule has 49 heavy (non-hydrogen) atoms. The maximum atomic E-state index is 13.1. The second-order valence-corrected chi connectivity index (χ2v) is 14.0. The first-order valence-corrected chi connectivity index (χ1v) is 17.8. The van der Waals surface area contributed by atoms with Gasteiger partial charge in [0.05, 0.1) is 12.2 Å². The van der Waals surface area contributed by atoms with E-state index in [9.17, 15) is 9.59 Å². The highest BCUT2D eigenvalue weighted by Gasteiger charge is 2.55. The van der Waals surface area contributed by atoms with E-state index in [0.717, 1.165) is 63.0 Å². The van der Waals surface area contributed by atoms with Crippen molar-refractivity contribution in [2.75, 3.05) is 31.1 Å². The van der Waals surface area contributed by atoms with Crippen LogP contribution in [0.4, 0.5) is 5.95 Å². The summed E-state index contributed by atoms with van der Waals surface area (Å²) in [6, 6.07) is 17.9. The summed E-state index contributed by atoms with van der Waals surface area (Å²) < 4.78 is 11.4. The van der Waals surface area contributed by atoms with E-state index in [1.54, 1.807) is 6.92 Å². The molecule has 11 nitrogen and oxygen atoms in total. The Morgan fingerprint density at radius 2 is 1.55 bits per heavy atom. The fourth-order valence-electron chi connectivity index (χ4n) is 6.87. The molecule has 262 valence electrons. The van der Waals surface area contributed by atoms with E-state index in [-0.39, 0.29) is 12.1 Å². The third-order valence-corrected chi connectivity index (χ3v) is 9.73. The van der Waals surface area contributed by atoms with Crippen LogP contribution in [0.3, 0.4) is 0 Å². The standard InChI is InChI=1S/C38H50N6O5/c1-25(2)24-47-26(3)49-43-36(45)30-19-41-38(42-20-30)44-22-33-32(34(33)23-44)21-39-17-27-13-15-28(16-14-27)18-40-35(29-9-5-4-6-10-29)37(46)48-31-11-7-8-12-31/h4-6,9-10,13-16,19-20,25-26,31-35,39-40H,7-8,11-12,17-18,21-24H2,1-3H3,(H,43,45)/t26?,32?,33?,34?,35-/m0/s1.